The fourth-order valence-corrected chi connectivity index (χ4v) is 3.12. The minimum atomic E-state index is -0.476. The van der Waals surface area contributed by atoms with Crippen LogP contribution in [0.25, 0.3) is 0 Å². The van der Waals surface area contributed by atoms with Crippen LogP contribution in [0.2, 0.25) is 0 Å². The molecule has 1 saturated carbocycles. The summed E-state index contributed by atoms with van der Waals surface area (Å²) in [7, 11) is 0. The first-order valence-corrected chi connectivity index (χ1v) is 5.82. The summed E-state index contributed by atoms with van der Waals surface area (Å²) in [4.78, 5) is 11.6. The first-order chi connectivity index (χ1) is 7.22. The molecule has 0 radical (unpaired) electrons. The molecule has 3 unspecified atom stereocenters. The highest BCUT2D eigenvalue weighted by molar-refractivity contribution is 5.83. The van der Waals surface area contributed by atoms with Crippen LogP contribution in [0.4, 0.5) is 0 Å². The molecule has 1 aliphatic carbocycles. The number of Topliss-reactive ketones (excluding diaryl/α,β-unsaturated/α-hetero) is 1. The molecule has 1 saturated heterocycles. The van der Waals surface area contributed by atoms with E-state index < -0.39 is 6.10 Å². The fraction of sp³-hybridized carbons (Fsp3) is 0.769. The number of carbonyl (C=O) groups excluding carboxylic acids is 1. The third-order valence-electron chi connectivity index (χ3n) is 3.92. The average molecular weight is 224 g/mol. The Labute approximate surface area is 96.5 Å². The Morgan fingerprint density at radius 1 is 1.38 bits per heavy atom. The van der Waals surface area contributed by atoms with E-state index in [1.54, 1.807) is 13.0 Å². The van der Waals surface area contributed by atoms with Crippen LogP contribution in [-0.2, 0) is 9.53 Å². The van der Waals surface area contributed by atoms with Crippen molar-refractivity contribution in [2.45, 2.75) is 57.8 Å². The van der Waals surface area contributed by atoms with Crippen molar-refractivity contribution in [1.82, 2.24) is 0 Å². The van der Waals surface area contributed by atoms with Gasteiger partial charge in [0.2, 0.25) is 0 Å². The SMILES string of the molecule is CC(O)/C=C/C12OC1(C)CC(=O)CC2(C)C. The lowest BCUT2D eigenvalue weighted by molar-refractivity contribution is -0.123. The zero-order valence-electron chi connectivity index (χ0n) is 10.4. The van der Waals surface area contributed by atoms with E-state index in [-0.39, 0.29) is 22.4 Å². The standard InChI is InChI=1S/C13H20O3/c1-9(14)5-6-13-11(2,3)7-10(15)8-12(13,4)16-13/h5-6,9,14H,7-8H2,1-4H3/b6-5+. The fourth-order valence-electron chi connectivity index (χ4n) is 3.12. The van der Waals surface area contributed by atoms with Gasteiger partial charge < -0.3 is 9.84 Å². The molecule has 2 fully saturated rings. The van der Waals surface area contributed by atoms with Gasteiger partial charge in [-0.05, 0) is 13.8 Å². The zero-order valence-corrected chi connectivity index (χ0v) is 10.4. The van der Waals surface area contributed by atoms with E-state index in [0.29, 0.717) is 12.8 Å². The number of aliphatic hydroxyl groups is 1. The summed E-state index contributed by atoms with van der Waals surface area (Å²) in [5.41, 5.74) is -0.926. The lowest BCUT2D eigenvalue weighted by Crippen LogP contribution is -2.44. The van der Waals surface area contributed by atoms with Crippen molar-refractivity contribution in [3.63, 3.8) is 0 Å². The van der Waals surface area contributed by atoms with Gasteiger partial charge in [0.05, 0.1) is 6.10 Å². The Kier molecular flexibility index (Phi) is 2.34. The molecule has 0 aromatic carbocycles. The molecule has 0 aromatic heterocycles. The summed E-state index contributed by atoms with van der Waals surface area (Å²) >= 11 is 0. The van der Waals surface area contributed by atoms with Crippen LogP contribution in [0.15, 0.2) is 12.2 Å². The molecular formula is C13H20O3. The molecule has 3 nitrogen and oxygen atoms in total. The molecule has 1 N–H and O–H groups in total. The normalized spacial score (nSPS) is 43.2. The molecule has 16 heavy (non-hydrogen) atoms. The molecule has 0 amide bonds. The van der Waals surface area contributed by atoms with E-state index >= 15 is 0 Å². The van der Waals surface area contributed by atoms with Gasteiger partial charge in [0.25, 0.3) is 0 Å². The Balaban J connectivity index is 2.31. The van der Waals surface area contributed by atoms with E-state index in [2.05, 4.69) is 13.8 Å². The molecule has 3 heteroatoms. The van der Waals surface area contributed by atoms with Crippen LogP contribution in [0.5, 0.6) is 0 Å². The number of ether oxygens (including phenoxy) is 1. The third kappa shape index (κ3) is 1.45. The monoisotopic (exact) mass is 224 g/mol. The van der Waals surface area contributed by atoms with Crippen LogP contribution in [0, 0.1) is 5.41 Å². The summed E-state index contributed by atoms with van der Waals surface area (Å²) in [6.07, 6.45) is 4.26. The predicted molar refractivity (Wildman–Crippen MR) is 61.1 cm³/mol. The van der Waals surface area contributed by atoms with Gasteiger partial charge in [-0.3, -0.25) is 4.79 Å². The van der Waals surface area contributed by atoms with Gasteiger partial charge in [-0.1, -0.05) is 26.0 Å². The summed E-state index contributed by atoms with van der Waals surface area (Å²) in [5.74, 6) is 0.270. The highest BCUT2D eigenvalue weighted by atomic mass is 16.6. The van der Waals surface area contributed by atoms with Gasteiger partial charge in [0.15, 0.2) is 0 Å². The Morgan fingerprint density at radius 3 is 2.50 bits per heavy atom. The van der Waals surface area contributed by atoms with Gasteiger partial charge >= 0.3 is 0 Å². The van der Waals surface area contributed by atoms with Crippen molar-refractivity contribution >= 4 is 5.78 Å². The van der Waals surface area contributed by atoms with E-state index in [9.17, 15) is 9.90 Å². The largest absolute Gasteiger partial charge is 0.389 e. The maximum Gasteiger partial charge on any atom is 0.136 e. The number of carbonyl (C=O) groups is 1. The highest BCUT2D eigenvalue weighted by Crippen LogP contribution is 2.65. The Bertz CT molecular complexity index is 356. The number of rotatable bonds is 2. The molecule has 1 heterocycles. The minimum Gasteiger partial charge on any atom is -0.389 e. The number of hydrogen-bond donors (Lipinski definition) is 1. The zero-order chi connectivity index (χ0) is 12.2. The van der Waals surface area contributed by atoms with Crippen molar-refractivity contribution in [2.24, 2.45) is 5.41 Å². The topological polar surface area (TPSA) is 49.8 Å². The quantitative estimate of drug-likeness (QED) is 0.575. The van der Waals surface area contributed by atoms with E-state index in [1.807, 2.05) is 13.0 Å². The lowest BCUT2D eigenvalue weighted by Gasteiger charge is -2.35. The van der Waals surface area contributed by atoms with E-state index in [0.717, 1.165) is 0 Å². The molecule has 2 aliphatic rings. The minimum absolute atomic E-state index is 0.192. The van der Waals surface area contributed by atoms with Crippen LogP contribution in [0.3, 0.4) is 0 Å². The summed E-state index contributed by atoms with van der Waals surface area (Å²) in [6.45, 7) is 7.81. The number of epoxide rings is 1. The van der Waals surface area contributed by atoms with Crippen LogP contribution < -0.4 is 0 Å². The van der Waals surface area contributed by atoms with Gasteiger partial charge in [0.1, 0.15) is 17.0 Å². The van der Waals surface area contributed by atoms with Gasteiger partial charge in [-0.15, -0.1) is 0 Å². The second kappa shape index (κ2) is 3.17. The number of aliphatic hydroxyl groups excluding tert-OH is 1. The molecule has 0 aromatic rings. The molecule has 0 bridgehead atoms. The number of ketones is 1. The van der Waals surface area contributed by atoms with E-state index in [1.165, 1.54) is 0 Å². The van der Waals surface area contributed by atoms with Gasteiger partial charge in [-0.25, -0.2) is 0 Å². The average Bonchev–Trinajstić information content (AvgIpc) is 2.67. The van der Waals surface area contributed by atoms with Crippen molar-refractivity contribution < 1.29 is 14.6 Å². The molecule has 2 rings (SSSR count). The highest BCUT2D eigenvalue weighted by Gasteiger charge is 2.74. The molecule has 0 spiro atoms. The summed E-state index contributed by atoms with van der Waals surface area (Å²) < 4.78 is 5.87. The van der Waals surface area contributed by atoms with Crippen molar-refractivity contribution in [2.75, 3.05) is 0 Å². The molecular weight excluding hydrogens is 204 g/mol. The maximum atomic E-state index is 11.6. The summed E-state index contributed by atoms with van der Waals surface area (Å²) in [5, 5.41) is 9.31. The first kappa shape index (κ1) is 11.8. The van der Waals surface area contributed by atoms with Crippen LogP contribution in [0.1, 0.15) is 40.5 Å². The lowest BCUT2D eigenvalue weighted by atomic mass is 9.63. The van der Waals surface area contributed by atoms with Crippen LogP contribution in [-0.4, -0.2) is 28.2 Å². The Morgan fingerprint density at radius 2 is 2.00 bits per heavy atom. The number of fused-ring (bicyclic) bond motifs is 1. The first-order valence-electron chi connectivity index (χ1n) is 5.82. The predicted octanol–water partition coefficient (Wildman–Crippen LogP) is 1.84. The second-order valence-electron chi connectivity index (χ2n) is 5.94. The molecule has 1 aliphatic heterocycles. The van der Waals surface area contributed by atoms with Crippen molar-refractivity contribution in [1.29, 1.82) is 0 Å². The van der Waals surface area contributed by atoms with Crippen molar-refractivity contribution in [3.8, 4) is 0 Å². The smallest absolute Gasteiger partial charge is 0.136 e. The van der Waals surface area contributed by atoms with Crippen molar-refractivity contribution in [3.05, 3.63) is 12.2 Å². The van der Waals surface area contributed by atoms with E-state index in [4.69, 9.17) is 4.74 Å². The maximum absolute atomic E-state index is 11.6. The second-order valence-corrected chi connectivity index (χ2v) is 5.94. The molecule has 90 valence electrons. The summed E-state index contributed by atoms with van der Waals surface area (Å²) in [6, 6.07) is 0. The molecule has 3 atom stereocenters. The van der Waals surface area contributed by atoms with Gasteiger partial charge in [-0.2, -0.15) is 0 Å². The van der Waals surface area contributed by atoms with Gasteiger partial charge in [0, 0.05) is 18.3 Å². The number of hydrogen-bond acceptors (Lipinski definition) is 3. The van der Waals surface area contributed by atoms with Crippen LogP contribution >= 0.6 is 0 Å². The Hall–Kier alpha value is -0.670. The third-order valence-corrected chi connectivity index (χ3v) is 3.92.